The molecule has 1 N–H and O–H groups in total. The zero-order chi connectivity index (χ0) is 16.1. The van der Waals surface area contributed by atoms with E-state index in [9.17, 15) is 9.59 Å². The first-order valence-electron chi connectivity index (χ1n) is 7.36. The van der Waals surface area contributed by atoms with E-state index in [2.05, 4.69) is 10.2 Å². The molecule has 1 atom stereocenters. The summed E-state index contributed by atoms with van der Waals surface area (Å²) in [6, 6.07) is 5.13. The smallest absolute Gasteiger partial charge is 0.337 e. The molecule has 120 valence electrons. The Kier molecular flexibility index (Phi) is 5.80. The Bertz CT molecular complexity index is 562. The van der Waals surface area contributed by atoms with Gasteiger partial charge >= 0.3 is 5.97 Å². The minimum absolute atomic E-state index is 0.0151. The third-order valence-electron chi connectivity index (χ3n) is 3.98. The van der Waals surface area contributed by atoms with Crippen molar-refractivity contribution in [1.82, 2.24) is 10.2 Å². The maximum Gasteiger partial charge on any atom is 0.337 e. The van der Waals surface area contributed by atoms with E-state index in [0.29, 0.717) is 23.7 Å². The molecule has 6 heteroatoms. The number of ether oxygens (including phenoxy) is 1. The Morgan fingerprint density at radius 3 is 2.91 bits per heavy atom. The van der Waals surface area contributed by atoms with E-state index < -0.39 is 0 Å². The van der Waals surface area contributed by atoms with Gasteiger partial charge in [0.05, 0.1) is 18.6 Å². The van der Waals surface area contributed by atoms with E-state index in [1.165, 1.54) is 7.11 Å². The minimum Gasteiger partial charge on any atom is -0.465 e. The highest BCUT2D eigenvalue weighted by atomic mass is 35.5. The van der Waals surface area contributed by atoms with Gasteiger partial charge in [-0.05, 0) is 43.1 Å². The lowest BCUT2D eigenvalue weighted by atomic mass is 9.96. The van der Waals surface area contributed by atoms with Crippen LogP contribution in [0.15, 0.2) is 18.2 Å². The molecule has 1 aliphatic heterocycles. The molecule has 0 aliphatic carbocycles. The lowest BCUT2D eigenvalue weighted by Crippen LogP contribution is -2.41. The molecule has 1 aromatic carbocycles. The molecule has 0 saturated carbocycles. The van der Waals surface area contributed by atoms with Crippen molar-refractivity contribution in [2.75, 3.05) is 27.2 Å². The number of piperidine rings is 1. The fourth-order valence-electron chi connectivity index (χ4n) is 2.80. The molecule has 0 aromatic heterocycles. The zero-order valence-electron chi connectivity index (χ0n) is 12.9. The van der Waals surface area contributed by atoms with Gasteiger partial charge in [-0.25, -0.2) is 4.79 Å². The van der Waals surface area contributed by atoms with E-state index in [1.807, 2.05) is 0 Å². The van der Waals surface area contributed by atoms with Crippen LogP contribution < -0.4 is 5.32 Å². The van der Waals surface area contributed by atoms with Crippen molar-refractivity contribution in [2.24, 2.45) is 5.92 Å². The summed E-state index contributed by atoms with van der Waals surface area (Å²) in [4.78, 5) is 25.6. The van der Waals surface area contributed by atoms with Gasteiger partial charge in [-0.3, -0.25) is 9.69 Å². The fraction of sp³-hybridized carbons (Fsp3) is 0.500. The molecule has 1 aliphatic rings. The Hall–Kier alpha value is -1.59. The van der Waals surface area contributed by atoms with Gasteiger partial charge in [0, 0.05) is 25.2 Å². The van der Waals surface area contributed by atoms with Crippen molar-refractivity contribution in [3.63, 3.8) is 0 Å². The van der Waals surface area contributed by atoms with E-state index >= 15 is 0 Å². The molecule has 0 radical (unpaired) electrons. The van der Waals surface area contributed by atoms with E-state index in [-0.39, 0.29) is 17.8 Å². The molecule has 1 heterocycles. The van der Waals surface area contributed by atoms with Crippen LogP contribution in [0, 0.1) is 5.92 Å². The Morgan fingerprint density at radius 1 is 1.45 bits per heavy atom. The van der Waals surface area contributed by atoms with Crippen LogP contribution in [0.25, 0.3) is 0 Å². The number of amides is 1. The number of benzene rings is 1. The standard InChI is InChI=1S/C16H21ClN2O3/c1-18-15(20)12-4-3-7-19(9-12)10-13-8-11(16(21)22-2)5-6-14(13)17/h5-6,8,12H,3-4,7,9-10H2,1-2H3,(H,18,20)/t12-/m1/s1. The van der Waals surface area contributed by atoms with E-state index in [0.717, 1.165) is 24.9 Å². The van der Waals surface area contributed by atoms with Crippen LogP contribution in [0.2, 0.25) is 5.02 Å². The summed E-state index contributed by atoms with van der Waals surface area (Å²) >= 11 is 6.23. The number of likely N-dealkylation sites (tertiary alicyclic amines) is 1. The van der Waals surface area contributed by atoms with Crippen LogP contribution in [0.5, 0.6) is 0 Å². The lowest BCUT2D eigenvalue weighted by molar-refractivity contribution is -0.126. The van der Waals surface area contributed by atoms with Crippen LogP contribution in [0.4, 0.5) is 0 Å². The molecule has 0 bridgehead atoms. The number of hydrogen-bond acceptors (Lipinski definition) is 4. The average molecular weight is 325 g/mol. The predicted octanol–water partition coefficient (Wildman–Crippen LogP) is 2.08. The molecule has 1 fully saturated rings. The predicted molar refractivity (Wildman–Crippen MR) is 84.9 cm³/mol. The summed E-state index contributed by atoms with van der Waals surface area (Å²) in [5.41, 5.74) is 1.36. The van der Waals surface area contributed by atoms with Crippen LogP contribution in [-0.2, 0) is 16.1 Å². The van der Waals surface area contributed by atoms with E-state index in [1.54, 1.807) is 25.2 Å². The highest BCUT2D eigenvalue weighted by Gasteiger charge is 2.25. The third-order valence-corrected chi connectivity index (χ3v) is 4.35. The van der Waals surface area contributed by atoms with Gasteiger partial charge < -0.3 is 10.1 Å². The normalized spacial score (nSPS) is 18.8. The molecule has 2 rings (SSSR count). The van der Waals surface area contributed by atoms with Crippen molar-refractivity contribution >= 4 is 23.5 Å². The van der Waals surface area contributed by atoms with Gasteiger partial charge in [-0.1, -0.05) is 11.6 Å². The Labute approximate surface area is 135 Å². The van der Waals surface area contributed by atoms with Crippen LogP contribution in [0.3, 0.4) is 0 Å². The number of nitrogens with zero attached hydrogens (tertiary/aromatic N) is 1. The first kappa shape index (κ1) is 16.8. The van der Waals surface area contributed by atoms with Gasteiger partial charge in [0.2, 0.25) is 5.91 Å². The maximum atomic E-state index is 11.8. The molecule has 1 saturated heterocycles. The summed E-state index contributed by atoms with van der Waals surface area (Å²) in [5, 5.41) is 3.33. The number of esters is 1. The summed E-state index contributed by atoms with van der Waals surface area (Å²) in [6.07, 6.45) is 1.89. The number of rotatable bonds is 4. The molecule has 0 spiro atoms. The number of halogens is 1. The van der Waals surface area contributed by atoms with Gasteiger partial charge in [-0.15, -0.1) is 0 Å². The van der Waals surface area contributed by atoms with Crippen molar-refractivity contribution in [3.8, 4) is 0 Å². The molecule has 5 nitrogen and oxygen atoms in total. The molecular formula is C16H21ClN2O3. The number of carbonyl (C=O) groups is 2. The second-order valence-corrected chi connectivity index (χ2v) is 5.89. The first-order valence-corrected chi connectivity index (χ1v) is 7.73. The lowest BCUT2D eigenvalue weighted by Gasteiger charge is -2.32. The van der Waals surface area contributed by atoms with Crippen molar-refractivity contribution in [2.45, 2.75) is 19.4 Å². The molecule has 1 amide bonds. The molecule has 0 unspecified atom stereocenters. The van der Waals surface area contributed by atoms with Crippen molar-refractivity contribution in [3.05, 3.63) is 34.3 Å². The fourth-order valence-corrected chi connectivity index (χ4v) is 2.98. The maximum absolute atomic E-state index is 11.8. The first-order chi connectivity index (χ1) is 10.5. The van der Waals surface area contributed by atoms with Gasteiger partial charge in [0.1, 0.15) is 0 Å². The highest BCUT2D eigenvalue weighted by Crippen LogP contribution is 2.23. The SMILES string of the molecule is CNC(=O)[C@@H]1CCCN(Cc2cc(C(=O)OC)ccc2Cl)C1. The number of hydrogen-bond donors (Lipinski definition) is 1. The third kappa shape index (κ3) is 3.99. The number of nitrogens with one attached hydrogen (secondary N) is 1. The number of carbonyl (C=O) groups excluding carboxylic acids is 2. The quantitative estimate of drug-likeness (QED) is 0.862. The second-order valence-electron chi connectivity index (χ2n) is 5.49. The minimum atomic E-state index is -0.375. The Morgan fingerprint density at radius 2 is 2.23 bits per heavy atom. The van der Waals surface area contributed by atoms with Crippen LogP contribution >= 0.6 is 11.6 Å². The summed E-state index contributed by atoms with van der Waals surface area (Å²) in [7, 11) is 3.02. The molecule has 22 heavy (non-hydrogen) atoms. The van der Waals surface area contributed by atoms with Gasteiger partial charge in [-0.2, -0.15) is 0 Å². The summed E-state index contributed by atoms with van der Waals surface area (Å²) in [6.45, 7) is 2.25. The number of methoxy groups -OCH3 is 1. The van der Waals surface area contributed by atoms with Gasteiger partial charge in [0.15, 0.2) is 0 Å². The average Bonchev–Trinajstić information content (AvgIpc) is 2.55. The van der Waals surface area contributed by atoms with Crippen molar-refractivity contribution in [1.29, 1.82) is 0 Å². The van der Waals surface area contributed by atoms with Crippen molar-refractivity contribution < 1.29 is 14.3 Å². The summed E-state index contributed by atoms with van der Waals surface area (Å²) in [5.74, 6) is -0.278. The van der Waals surface area contributed by atoms with Gasteiger partial charge in [0.25, 0.3) is 0 Å². The Balaban J connectivity index is 2.09. The monoisotopic (exact) mass is 324 g/mol. The molecular weight excluding hydrogens is 304 g/mol. The summed E-state index contributed by atoms with van der Waals surface area (Å²) < 4.78 is 4.74. The van der Waals surface area contributed by atoms with Crippen LogP contribution in [-0.4, -0.2) is 44.0 Å². The van der Waals surface area contributed by atoms with E-state index in [4.69, 9.17) is 16.3 Å². The topological polar surface area (TPSA) is 58.6 Å². The highest BCUT2D eigenvalue weighted by molar-refractivity contribution is 6.31. The largest absolute Gasteiger partial charge is 0.465 e. The second kappa shape index (κ2) is 7.61. The van der Waals surface area contributed by atoms with Crippen LogP contribution in [0.1, 0.15) is 28.8 Å². The molecule has 1 aromatic rings. The zero-order valence-corrected chi connectivity index (χ0v) is 13.7.